The SMILES string of the molecule is CC(C)(C)OC(=O)N(c1ccc(F)cc1Nc1ncc([N+](=O)[O-])c(SC#N)n1)[N+]1(c2ncc([N+](=O)[O-])c(SC#N)n2)C=Nc2ccc(F)cc21. The molecule has 2 aromatic heterocycles. The van der Waals surface area contributed by atoms with E-state index in [1.165, 1.54) is 6.07 Å². The third-order valence-corrected chi connectivity index (χ3v) is 7.60. The molecular formula is C28H19F2N12O6S2+. The fourth-order valence-electron chi connectivity index (χ4n) is 4.53. The third-order valence-electron chi connectivity index (χ3n) is 6.43. The Kier molecular flexibility index (Phi) is 9.53. The van der Waals surface area contributed by atoms with Crippen LogP contribution in [0.3, 0.4) is 0 Å². The molecule has 1 unspecified atom stereocenters. The fourth-order valence-corrected chi connectivity index (χ4v) is 5.43. The first-order valence-electron chi connectivity index (χ1n) is 13.7. The molecule has 0 saturated carbocycles. The Morgan fingerprint density at radius 3 is 2.18 bits per heavy atom. The molecule has 0 spiro atoms. The van der Waals surface area contributed by atoms with Crippen molar-refractivity contribution >= 4 is 82.0 Å². The molecule has 5 rings (SSSR count). The molecule has 3 heterocycles. The number of thioether (sulfide) groups is 2. The van der Waals surface area contributed by atoms with Crippen molar-refractivity contribution in [1.29, 1.82) is 10.5 Å². The largest absolute Gasteiger partial charge is 0.461 e. The number of hydrogen-bond donors (Lipinski definition) is 1. The number of nitro groups is 2. The lowest BCUT2D eigenvalue weighted by atomic mass is 10.2. The minimum Gasteiger partial charge on any atom is -0.440 e. The van der Waals surface area contributed by atoms with Crippen LogP contribution in [0.2, 0.25) is 0 Å². The van der Waals surface area contributed by atoms with Gasteiger partial charge >= 0.3 is 23.4 Å². The Morgan fingerprint density at radius 1 is 0.960 bits per heavy atom. The average molecular weight is 722 g/mol. The first-order valence-corrected chi connectivity index (χ1v) is 15.3. The number of amides is 1. The lowest BCUT2D eigenvalue weighted by molar-refractivity contribution is -0.388. The fraction of sp³-hybridized carbons (Fsp3) is 0.143. The van der Waals surface area contributed by atoms with Crippen LogP contribution in [-0.4, -0.2) is 47.8 Å². The van der Waals surface area contributed by atoms with Gasteiger partial charge in [-0.2, -0.15) is 30.5 Å². The number of hydrogen-bond acceptors (Lipinski definition) is 16. The van der Waals surface area contributed by atoms with Gasteiger partial charge in [-0.15, -0.1) is 0 Å². The second kappa shape index (κ2) is 13.6. The van der Waals surface area contributed by atoms with Gasteiger partial charge in [0.15, 0.2) is 10.1 Å². The number of aliphatic imine (C=N–C) groups is 1. The molecule has 0 saturated heterocycles. The molecule has 0 aliphatic carbocycles. The number of carbonyl (C=O) groups excluding carboxylic acids is 1. The monoisotopic (exact) mass is 721 g/mol. The Balaban J connectivity index is 1.83. The van der Waals surface area contributed by atoms with Gasteiger partial charge in [-0.25, -0.2) is 18.6 Å². The summed E-state index contributed by atoms with van der Waals surface area (Å²) in [5.74, 6) is -2.46. The van der Waals surface area contributed by atoms with Crippen LogP contribution < -0.4 is 14.9 Å². The molecule has 1 atom stereocenters. The summed E-state index contributed by atoms with van der Waals surface area (Å²) in [6, 6.07) is 6.39. The van der Waals surface area contributed by atoms with Crippen molar-refractivity contribution < 1.29 is 28.2 Å². The van der Waals surface area contributed by atoms with E-state index >= 15 is 4.39 Å². The normalized spacial score (nSPS) is 14.6. The number of anilines is 3. The maximum atomic E-state index is 15.0. The van der Waals surface area contributed by atoms with Crippen molar-refractivity contribution in [2.75, 3.05) is 10.3 Å². The van der Waals surface area contributed by atoms with Gasteiger partial charge in [0.25, 0.3) is 0 Å². The second-order valence-corrected chi connectivity index (χ2v) is 12.3. The van der Waals surface area contributed by atoms with Gasteiger partial charge in [0.05, 0.1) is 15.5 Å². The third kappa shape index (κ3) is 6.79. The molecule has 252 valence electrons. The van der Waals surface area contributed by atoms with Gasteiger partial charge in [-0.1, -0.05) is 9.60 Å². The quantitative estimate of drug-likeness (QED) is 0.0460. The number of carbonyl (C=O) groups is 1. The second-order valence-electron chi connectivity index (χ2n) is 10.8. The van der Waals surface area contributed by atoms with E-state index in [1.54, 1.807) is 31.6 Å². The molecule has 18 nitrogen and oxygen atoms in total. The zero-order valence-electron chi connectivity index (χ0n) is 25.6. The number of rotatable bonds is 9. The van der Waals surface area contributed by atoms with Crippen LogP contribution in [0.25, 0.3) is 0 Å². The van der Waals surface area contributed by atoms with E-state index in [-0.39, 0.29) is 33.7 Å². The standard InChI is InChI=1S/C28H19F2N12O6S2/c1-28(2,3)48-27(43)39(19-7-5-15(29)8-18(19)36-25-33-10-20(40(44)45)23(37-25)49-12-31)42(14-35-17-6-4-16(30)9-22(17)42)26-34-11-21(41(46)47)24(38-26)50-13-32/h4-11,14H,1-3H3,(H,33,36,37)/q+1. The van der Waals surface area contributed by atoms with E-state index in [9.17, 15) is 34.7 Å². The Labute approximate surface area is 287 Å². The summed E-state index contributed by atoms with van der Waals surface area (Å²) in [7, 11) is 0. The maximum absolute atomic E-state index is 15.0. The van der Waals surface area contributed by atoms with E-state index < -0.39 is 60.1 Å². The summed E-state index contributed by atoms with van der Waals surface area (Å²) in [6.07, 6.45) is 1.55. The minimum absolute atomic E-state index is 0.102. The summed E-state index contributed by atoms with van der Waals surface area (Å²) in [6.45, 7) is 4.64. The highest BCUT2D eigenvalue weighted by atomic mass is 32.2. The predicted molar refractivity (Wildman–Crippen MR) is 175 cm³/mol. The number of quaternary nitrogens is 1. The van der Waals surface area contributed by atoms with Crippen LogP contribution >= 0.6 is 23.5 Å². The number of nitriles is 2. The topological polar surface area (TPSA) is 239 Å². The molecule has 22 heteroatoms. The van der Waals surface area contributed by atoms with Gasteiger partial charge in [-0.05, 0) is 51.1 Å². The number of nitrogens with one attached hydrogen (secondary N) is 1. The summed E-state index contributed by atoms with van der Waals surface area (Å²) in [4.78, 5) is 56.7. The molecule has 1 N–H and O–H groups in total. The lowest BCUT2D eigenvalue weighted by Gasteiger charge is -2.38. The van der Waals surface area contributed by atoms with E-state index in [0.29, 0.717) is 23.5 Å². The average Bonchev–Trinajstić information content (AvgIpc) is 3.40. The van der Waals surface area contributed by atoms with Crippen molar-refractivity contribution in [3.05, 3.63) is 80.7 Å². The molecular weight excluding hydrogens is 703 g/mol. The number of nitrogens with zero attached hydrogens (tertiary/aromatic N) is 11. The number of thiocyanates is 2. The van der Waals surface area contributed by atoms with Crippen molar-refractivity contribution in [2.45, 2.75) is 36.4 Å². The molecule has 1 amide bonds. The van der Waals surface area contributed by atoms with Crippen LogP contribution in [0.15, 0.2) is 63.8 Å². The minimum atomic E-state index is -1.18. The van der Waals surface area contributed by atoms with Crippen molar-refractivity contribution in [3.8, 4) is 10.8 Å². The zero-order valence-corrected chi connectivity index (χ0v) is 27.3. The Morgan fingerprint density at radius 2 is 1.56 bits per heavy atom. The van der Waals surface area contributed by atoms with Crippen LogP contribution in [-0.2, 0) is 4.74 Å². The summed E-state index contributed by atoms with van der Waals surface area (Å²) < 4.78 is 34.5. The van der Waals surface area contributed by atoms with Gasteiger partial charge < -0.3 is 10.1 Å². The molecule has 50 heavy (non-hydrogen) atoms. The molecule has 0 radical (unpaired) electrons. The van der Waals surface area contributed by atoms with Crippen LogP contribution in [0.4, 0.5) is 59.6 Å². The first kappa shape index (κ1) is 35.0. The lowest BCUT2D eigenvalue weighted by Crippen LogP contribution is -2.61. The summed E-state index contributed by atoms with van der Waals surface area (Å²) in [5.41, 5.74) is -2.92. The number of aromatic nitrogens is 4. The molecule has 0 bridgehead atoms. The molecule has 4 aromatic rings. The van der Waals surface area contributed by atoms with E-state index in [2.05, 4.69) is 30.2 Å². The zero-order chi connectivity index (χ0) is 36.4. The Bertz CT molecular complexity index is 2190. The maximum Gasteiger partial charge on any atom is 0.461 e. The summed E-state index contributed by atoms with van der Waals surface area (Å²) in [5, 5.41) is 48.0. The van der Waals surface area contributed by atoms with E-state index in [4.69, 9.17) is 10.00 Å². The Hall–Kier alpha value is -6.36. The number of benzene rings is 2. The van der Waals surface area contributed by atoms with Crippen LogP contribution in [0.1, 0.15) is 20.8 Å². The van der Waals surface area contributed by atoms with Gasteiger partial charge in [0.1, 0.15) is 51.8 Å². The van der Waals surface area contributed by atoms with E-state index in [0.717, 1.165) is 54.1 Å². The van der Waals surface area contributed by atoms with Crippen molar-refractivity contribution in [2.24, 2.45) is 4.99 Å². The summed E-state index contributed by atoms with van der Waals surface area (Å²) >= 11 is 0.694. The van der Waals surface area contributed by atoms with Crippen molar-refractivity contribution in [3.63, 3.8) is 0 Å². The highest BCUT2D eigenvalue weighted by molar-refractivity contribution is 8.04. The van der Waals surface area contributed by atoms with Gasteiger partial charge in [0, 0.05) is 29.6 Å². The predicted octanol–water partition coefficient (Wildman–Crippen LogP) is 6.92. The first-order chi connectivity index (χ1) is 23.7. The molecule has 1 aliphatic rings. The van der Waals surface area contributed by atoms with Crippen molar-refractivity contribution in [1.82, 2.24) is 24.5 Å². The highest BCUT2D eigenvalue weighted by Crippen LogP contribution is 2.49. The van der Waals surface area contributed by atoms with E-state index in [1.807, 2.05) is 0 Å². The van der Waals surface area contributed by atoms with Gasteiger partial charge in [-0.3, -0.25) is 20.2 Å². The smallest absolute Gasteiger partial charge is 0.440 e. The number of halogens is 2. The number of fused-ring (bicyclic) bond motifs is 1. The molecule has 0 fully saturated rings. The number of ether oxygens (including phenoxy) is 1. The molecule has 1 aliphatic heterocycles. The van der Waals surface area contributed by atoms with Crippen LogP contribution in [0.5, 0.6) is 0 Å². The van der Waals surface area contributed by atoms with Gasteiger partial charge in [0.2, 0.25) is 18.0 Å². The molecule has 2 aromatic carbocycles. The highest BCUT2D eigenvalue weighted by Gasteiger charge is 2.54. The van der Waals surface area contributed by atoms with Crippen LogP contribution in [0, 0.1) is 53.2 Å².